The van der Waals surface area contributed by atoms with Crippen LogP contribution < -0.4 is 16.2 Å². The van der Waals surface area contributed by atoms with Crippen LogP contribution >= 0.6 is 47.8 Å². The van der Waals surface area contributed by atoms with E-state index in [4.69, 9.17) is 0 Å². The third-order valence-corrected chi connectivity index (χ3v) is 5.13. The number of rotatable bonds is 4. The van der Waals surface area contributed by atoms with Crippen LogP contribution in [0.2, 0.25) is 0 Å². The number of benzene rings is 1. The van der Waals surface area contributed by atoms with Gasteiger partial charge in [-0.1, -0.05) is 6.08 Å². The zero-order chi connectivity index (χ0) is 12.8. The summed E-state index contributed by atoms with van der Waals surface area (Å²) < 4.78 is 2.61. The summed E-state index contributed by atoms with van der Waals surface area (Å²) in [6.45, 7) is 3.92. The maximum Gasteiger partial charge on any atom is 0.333 e. The molecule has 0 heterocycles. The summed E-state index contributed by atoms with van der Waals surface area (Å²) in [7, 11) is 0. The summed E-state index contributed by atoms with van der Waals surface area (Å²) in [6, 6.07) is 3.36. The molecule has 1 rings (SSSR count). The minimum atomic E-state index is -0.323. The number of hydrazine groups is 1. The predicted molar refractivity (Wildman–Crippen MR) is 79.9 cm³/mol. The summed E-state index contributed by atoms with van der Waals surface area (Å²) in [5.41, 5.74) is 6.05. The van der Waals surface area contributed by atoms with E-state index in [0.29, 0.717) is 6.54 Å². The van der Waals surface area contributed by atoms with Crippen LogP contribution in [-0.2, 0) is 0 Å². The average molecular weight is 428 g/mol. The molecule has 0 saturated carbocycles. The lowest BCUT2D eigenvalue weighted by Gasteiger charge is -2.12. The molecule has 0 unspecified atom stereocenters. The van der Waals surface area contributed by atoms with Crippen LogP contribution in [0.5, 0.6) is 0 Å². The number of nitrogens with one attached hydrogen (secondary N) is 3. The highest BCUT2D eigenvalue weighted by atomic mass is 79.9. The van der Waals surface area contributed by atoms with Gasteiger partial charge in [0.15, 0.2) is 0 Å². The Morgan fingerprint density at radius 1 is 1.29 bits per heavy atom. The summed E-state index contributed by atoms with van der Waals surface area (Å²) in [5, 5.41) is 2.58. The summed E-state index contributed by atoms with van der Waals surface area (Å²) in [6.07, 6.45) is 1.60. The molecule has 92 valence electrons. The third kappa shape index (κ3) is 4.33. The van der Waals surface area contributed by atoms with Crippen LogP contribution in [0, 0.1) is 0 Å². The highest BCUT2D eigenvalue weighted by Crippen LogP contribution is 2.35. The Bertz CT molecular complexity index is 437. The van der Waals surface area contributed by atoms with Crippen molar-refractivity contribution < 1.29 is 4.79 Å². The molecule has 4 nitrogen and oxygen atoms in total. The van der Waals surface area contributed by atoms with Crippen LogP contribution in [0.15, 0.2) is 38.2 Å². The van der Waals surface area contributed by atoms with Gasteiger partial charge >= 0.3 is 6.03 Å². The molecule has 1 aromatic carbocycles. The molecule has 0 saturated heterocycles. The first-order valence-electron chi connectivity index (χ1n) is 4.60. The number of carbonyl (C=O) groups excluding carboxylic acids is 1. The van der Waals surface area contributed by atoms with Gasteiger partial charge in [0.25, 0.3) is 0 Å². The highest BCUT2D eigenvalue weighted by molar-refractivity contribution is 9.14. The van der Waals surface area contributed by atoms with Crippen molar-refractivity contribution in [3.8, 4) is 0 Å². The van der Waals surface area contributed by atoms with Crippen LogP contribution in [-0.4, -0.2) is 12.6 Å². The standard InChI is InChI=1S/C10H10Br3N3O/c1-2-5-14-10(17)16-15-7-4-3-6(11)8(12)9(7)13/h2-4,15H,1,5H2,(H2,14,16,17). The SMILES string of the molecule is C=CCNC(=O)NNc1ccc(Br)c(Br)c1Br. The van der Waals surface area contributed by atoms with Crippen molar-refractivity contribution >= 4 is 59.5 Å². The van der Waals surface area contributed by atoms with Gasteiger partial charge in [-0.15, -0.1) is 6.58 Å². The Balaban J connectivity index is 2.61. The van der Waals surface area contributed by atoms with E-state index in [-0.39, 0.29) is 6.03 Å². The second kappa shape index (κ2) is 7.03. The fraction of sp³-hybridized carbons (Fsp3) is 0.100. The lowest BCUT2D eigenvalue weighted by Crippen LogP contribution is -2.39. The molecule has 17 heavy (non-hydrogen) atoms. The molecule has 0 bridgehead atoms. The van der Waals surface area contributed by atoms with Crippen LogP contribution in [0.4, 0.5) is 10.5 Å². The van der Waals surface area contributed by atoms with E-state index < -0.39 is 0 Å². The van der Waals surface area contributed by atoms with Gasteiger partial charge in [-0.05, 0) is 59.9 Å². The van der Waals surface area contributed by atoms with Crippen molar-refractivity contribution in [1.29, 1.82) is 0 Å². The fourth-order valence-corrected chi connectivity index (χ4v) is 2.34. The largest absolute Gasteiger partial charge is 0.333 e. The molecular formula is C10H10Br3N3O. The zero-order valence-electron chi connectivity index (χ0n) is 8.69. The number of anilines is 1. The Kier molecular flexibility index (Phi) is 6.01. The molecule has 0 radical (unpaired) electrons. The fourth-order valence-electron chi connectivity index (χ4n) is 0.956. The lowest BCUT2D eigenvalue weighted by molar-refractivity contribution is 0.244. The second-order valence-corrected chi connectivity index (χ2v) is 5.41. The second-order valence-electron chi connectivity index (χ2n) is 2.97. The molecule has 0 aliphatic heterocycles. The monoisotopic (exact) mass is 425 g/mol. The van der Waals surface area contributed by atoms with Gasteiger partial charge in [0, 0.05) is 15.5 Å². The van der Waals surface area contributed by atoms with Gasteiger partial charge in [0.2, 0.25) is 0 Å². The highest BCUT2D eigenvalue weighted by Gasteiger charge is 2.07. The summed E-state index contributed by atoms with van der Waals surface area (Å²) in [4.78, 5) is 11.3. The molecule has 2 amide bonds. The molecule has 0 aromatic heterocycles. The van der Waals surface area contributed by atoms with E-state index in [2.05, 4.69) is 70.5 Å². The van der Waals surface area contributed by atoms with Crippen molar-refractivity contribution in [3.63, 3.8) is 0 Å². The van der Waals surface area contributed by atoms with Crippen LogP contribution in [0.1, 0.15) is 0 Å². The Morgan fingerprint density at radius 3 is 2.65 bits per heavy atom. The van der Waals surface area contributed by atoms with E-state index >= 15 is 0 Å². The first-order chi connectivity index (χ1) is 8.06. The number of urea groups is 1. The quantitative estimate of drug-likeness (QED) is 0.389. The lowest BCUT2D eigenvalue weighted by atomic mass is 10.3. The van der Waals surface area contributed by atoms with Crippen molar-refractivity contribution in [1.82, 2.24) is 10.7 Å². The van der Waals surface area contributed by atoms with Gasteiger partial charge in [-0.3, -0.25) is 10.9 Å². The Morgan fingerprint density at radius 2 is 2.00 bits per heavy atom. The van der Waals surface area contributed by atoms with Crippen molar-refractivity contribution in [3.05, 3.63) is 38.2 Å². The van der Waals surface area contributed by atoms with E-state index in [1.165, 1.54) is 0 Å². The first kappa shape index (κ1) is 14.5. The van der Waals surface area contributed by atoms with Gasteiger partial charge < -0.3 is 5.32 Å². The molecule has 7 heteroatoms. The molecule has 0 fully saturated rings. The molecule has 0 atom stereocenters. The Hall–Kier alpha value is -0.530. The summed E-state index contributed by atoms with van der Waals surface area (Å²) >= 11 is 10.2. The maximum atomic E-state index is 11.3. The minimum absolute atomic E-state index is 0.323. The minimum Gasteiger partial charge on any atom is -0.333 e. The molecule has 0 aliphatic carbocycles. The number of halogens is 3. The average Bonchev–Trinajstić information content (AvgIpc) is 2.32. The third-order valence-electron chi connectivity index (χ3n) is 1.75. The van der Waals surface area contributed by atoms with E-state index in [1.807, 2.05) is 12.1 Å². The normalized spacial score (nSPS) is 9.59. The van der Waals surface area contributed by atoms with Gasteiger partial charge in [0.05, 0.1) is 10.2 Å². The van der Waals surface area contributed by atoms with Crippen molar-refractivity contribution in [2.75, 3.05) is 12.0 Å². The summed E-state index contributed by atoms with van der Waals surface area (Å²) in [5.74, 6) is 0. The van der Waals surface area contributed by atoms with Gasteiger partial charge in [-0.2, -0.15) is 0 Å². The molecule has 0 aliphatic rings. The van der Waals surface area contributed by atoms with Gasteiger partial charge in [-0.25, -0.2) is 4.79 Å². The van der Waals surface area contributed by atoms with E-state index in [1.54, 1.807) is 6.08 Å². The number of carbonyl (C=O) groups is 1. The smallest absolute Gasteiger partial charge is 0.333 e. The zero-order valence-corrected chi connectivity index (χ0v) is 13.4. The molecular weight excluding hydrogens is 418 g/mol. The molecule has 1 aromatic rings. The van der Waals surface area contributed by atoms with E-state index in [9.17, 15) is 4.79 Å². The number of hydrogen-bond acceptors (Lipinski definition) is 2. The van der Waals surface area contributed by atoms with Gasteiger partial charge in [0.1, 0.15) is 0 Å². The number of hydrogen-bond donors (Lipinski definition) is 3. The first-order valence-corrected chi connectivity index (χ1v) is 6.98. The van der Waals surface area contributed by atoms with Crippen LogP contribution in [0.25, 0.3) is 0 Å². The predicted octanol–water partition coefficient (Wildman–Crippen LogP) is 3.79. The maximum absolute atomic E-state index is 11.3. The van der Waals surface area contributed by atoms with Crippen LogP contribution in [0.3, 0.4) is 0 Å². The Labute approximate surface area is 125 Å². The number of amides is 2. The molecule has 0 spiro atoms. The van der Waals surface area contributed by atoms with Crippen molar-refractivity contribution in [2.45, 2.75) is 0 Å². The topological polar surface area (TPSA) is 53.2 Å². The van der Waals surface area contributed by atoms with E-state index in [0.717, 1.165) is 19.1 Å². The van der Waals surface area contributed by atoms with Crippen molar-refractivity contribution in [2.24, 2.45) is 0 Å². The molecule has 3 N–H and O–H groups in total.